The van der Waals surface area contributed by atoms with Crippen LogP contribution in [0, 0.1) is 13.8 Å². The van der Waals surface area contributed by atoms with Gasteiger partial charge in [0, 0.05) is 43.8 Å². The average Bonchev–Trinajstić information content (AvgIpc) is 2.76. The summed E-state index contributed by atoms with van der Waals surface area (Å²) in [7, 11) is 2.10. The largest absolute Gasteiger partial charge is 0.338 e. The number of hydrogen-bond acceptors (Lipinski definition) is 4. The highest BCUT2D eigenvalue weighted by molar-refractivity contribution is 5.77. The van der Waals surface area contributed by atoms with Crippen molar-refractivity contribution in [3.8, 4) is 0 Å². The summed E-state index contributed by atoms with van der Waals surface area (Å²) in [6, 6.07) is 6.44. The smallest absolute Gasteiger partial charge is 0.244 e. The predicted molar refractivity (Wildman–Crippen MR) is 87.8 cm³/mol. The quantitative estimate of drug-likeness (QED) is 0.833. The second-order valence-electron chi connectivity index (χ2n) is 6.31. The Kier molecular flexibility index (Phi) is 4.43. The molecule has 2 aromatic heterocycles. The molecule has 1 amide bonds. The van der Waals surface area contributed by atoms with Gasteiger partial charge >= 0.3 is 0 Å². The van der Waals surface area contributed by atoms with Gasteiger partial charge in [-0.25, -0.2) is 0 Å². The summed E-state index contributed by atoms with van der Waals surface area (Å²) in [5, 5.41) is 4.35. The molecule has 122 valence electrons. The first-order chi connectivity index (χ1) is 11.0. The number of rotatable bonds is 5. The van der Waals surface area contributed by atoms with E-state index in [9.17, 15) is 4.79 Å². The highest BCUT2D eigenvalue weighted by Crippen LogP contribution is 2.16. The molecule has 1 fully saturated rings. The fourth-order valence-corrected chi connectivity index (χ4v) is 2.91. The van der Waals surface area contributed by atoms with E-state index in [0.717, 1.165) is 31.0 Å². The zero-order chi connectivity index (χ0) is 16.4. The van der Waals surface area contributed by atoms with Crippen LogP contribution in [0.5, 0.6) is 0 Å². The average molecular weight is 313 g/mol. The van der Waals surface area contributed by atoms with E-state index >= 15 is 0 Å². The zero-order valence-electron chi connectivity index (χ0n) is 13.9. The fourth-order valence-electron chi connectivity index (χ4n) is 2.91. The van der Waals surface area contributed by atoms with Crippen LogP contribution in [0.4, 0.5) is 0 Å². The summed E-state index contributed by atoms with van der Waals surface area (Å²) in [4.78, 5) is 20.6. The van der Waals surface area contributed by atoms with Crippen LogP contribution < -0.4 is 0 Å². The predicted octanol–water partition coefficient (Wildman–Crippen LogP) is 1.24. The van der Waals surface area contributed by atoms with Gasteiger partial charge < -0.3 is 4.90 Å². The number of likely N-dealkylation sites (tertiary alicyclic amines) is 1. The molecule has 0 radical (unpaired) electrons. The normalized spacial score (nSPS) is 15.0. The maximum absolute atomic E-state index is 12.3. The van der Waals surface area contributed by atoms with Crippen molar-refractivity contribution in [1.82, 2.24) is 24.6 Å². The summed E-state index contributed by atoms with van der Waals surface area (Å²) >= 11 is 0. The van der Waals surface area contributed by atoms with Gasteiger partial charge in [-0.3, -0.25) is 19.4 Å². The molecule has 0 N–H and O–H groups in total. The molecular weight excluding hydrogens is 290 g/mol. The minimum Gasteiger partial charge on any atom is -0.338 e. The summed E-state index contributed by atoms with van der Waals surface area (Å²) in [6.45, 7) is 6.69. The van der Waals surface area contributed by atoms with Crippen LogP contribution in [-0.2, 0) is 17.9 Å². The molecule has 6 nitrogen and oxygen atoms in total. The Balaban J connectivity index is 1.48. The summed E-state index contributed by atoms with van der Waals surface area (Å²) in [6.07, 6.45) is 3.67. The lowest BCUT2D eigenvalue weighted by Crippen LogP contribution is -2.60. The van der Waals surface area contributed by atoms with Gasteiger partial charge in [0.05, 0.1) is 5.69 Å². The standard InChI is InChI=1S/C17H23N5O/c1-13-7-14(2)22(19-13)12-17(23)21-10-16(11-21)20(3)9-15-5-4-6-18-8-15/h4-8,16H,9-12H2,1-3H3. The van der Waals surface area contributed by atoms with Crippen molar-refractivity contribution in [2.45, 2.75) is 33.0 Å². The number of nitrogens with zero attached hydrogens (tertiary/aromatic N) is 5. The van der Waals surface area contributed by atoms with Crippen molar-refractivity contribution in [2.75, 3.05) is 20.1 Å². The highest BCUT2D eigenvalue weighted by Gasteiger charge is 2.33. The molecule has 1 aliphatic rings. The van der Waals surface area contributed by atoms with Crippen molar-refractivity contribution in [3.05, 3.63) is 47.5 Å². The van der Waals surface area contributed by atoms with Gasteiger partial charge in [0.2, 0.25) is 5.91 Å². The van der Waals surface area contributed by atoms with Crippen molar-refractivity contribution in [1.29, 1.82) is 0 Å². The maximum atomic E-state index is 12.3. The van der Waals surface area contributed by atoms with E-state index in [2.05, 4.69) is 28.1 Å². The van der Waals surface area contributed by atoms with Crippen LogP contribution >= 0.6 is 0 Å². The molecule has 3 heterocycles. The molecule has 0 saturated carbocycles. The molecular formula is C17H23N5O. The molecule has 1 aliphatic heterocycles. The third-order valence-electron chi connectivity index (χ3n) is 4.38. The van der Waals surface area contributed by atoms with Crippen LogP contribution in [0.25, 0.3) is 0 Å². The van der Waals surface area contributed by atoms with E-state index in [1.807, 2.05) is 37.1 Å². The molecule has 0 spiro atoms. The van der Waals surface area contributed by atoms with Crippen molar-refractivity contribution in [3.63, 3.8) is 0 Å². The van der Waals surface area contributed by atoms with E-state index < -0.39 is 0 Å². The van der Waals surface area contributed by atoms with Crippen LogP contribution in [0.3, 0.4) is 0 Å². The van der Waals surface area contributed by atoms with Crippen molar-refractivity contribution in [2.24, 2.45) is 0 Å². The first-order valence-electron chi connectivity index (χ1n) is 7.91. The molecule has 2 aromatic rings. The summed E-state index contributed by atoms with van der Waals surface area (Å²) < 4.78 is 1.78. The Labute approximate surface area is 136 Å². The summed E-state index contributed by atoms with van der Waals surface area (Å²) in [5.74, 6) is 0.141. The number of carbonyl (C=O) groups is 1. The summed E-state index contributed by atoms with van der Waals surface area (Å²) in [5.41, 5.74) is 3.18. The third kappa shape index (κ3) is 3.59. The molecule has 0 atom stereocenters. The number of likely N-dealkylation sites (N-methyl/N-ethyl adjacent to an activating group) is 1. The lowest BCUT2D eigenvalue weighted by Gasteiger charge is -2.44. The molecule has 0 unspecified atom stereocenters. The van der Waals surface area contributed by atoms with E-state index in [0.29, 0.717) is 12.6 Å². The number of aryl methyl sites for hydroxylation is 2. The molecule has 0 aliphatic carbocycles. The number of hydrogen-bond donors (Lipinski definition) is 0. The number of amides is 1. The van der Waals surface area contributed by atoms with Gasteiger partial charge in [0.25, 0.3) is 0 Å². The maximum Gasteiger partial charge on any atom is 0.244 e. The molecule has 3 rings (SSSR count). The van der Waals surface area contributed by atoms with E-state index in [1.54, 1.807) is 10.9 Å². The van der Waals surface area contributed by atoms with Crippen molar-refractivity contribution < 1.29 is 4.79 Å². The molecule has 23 heavy (non-hydrogen) atoms. The molecule has 1 saturated heterocycles. The number of carbonyl (C=O) groups excluding carboxylic acids is 1. The zero-order valence-corrected chi connectivity index (χ0v) is 13.9. The Morgan fingerprint density at radius 3 is 2.78 bits per heavy atom. The van der Waals surface area contributed by atoms with Crippen LogP contribution in [0.2, 0.25) is 0 Å². The van der Waals surface area contributed by atoms with Gasteiger partial charge in [0.15, 0.2) is 0 Å². The van der Waals surface area contributed by atoms with Gasteiger partial charge in [-0.05, 0) is 38.6 Å². The lowest BCUT2D eigenvalue weighted by molar-refractivity contribution is -0.139. The SMILES string of the molecule is Cc1cc(C)n(CC(=O)N2CC(N(C)Cc3cccnc3)C2)n1. The minimum absolute atomic E-state index is 0.141. The fraction of sp³-hybridized carbons (Fsp3) is 0.471. The van der Waals surface area contributed by atoms with Crippen LogP contribution in [0.1, 0.15) is 17.0 Å². The van der Waals surface area contributed by atoms with E-state index in [4.69, 9.17) is 0 Å². The van der Waals surface area contributed by atoms with Crippen LogP contribution in [-0.4, -0.2) is 56.7 Å². The van der Waals surface area contributed by atoms with E-state index in [-0.39, 0.29) is 5.91 Å². The number of pyridine rings is 1. The topological polar surface area (TPSA) is 54.3 Å². The second-order valence-corrected chi connectivity index (χ2v) is 6.31. The van der Waals surface area contributed by atoms with Gasteiger partial charge in [-0.15, -0.1) is 0 Å². The monoisotopic (exact) mass is 313 g/mol. The Hall–Kier alpha value is -2.21. The van der Waals surface area contributed by atoms with Crippen LogP contribution in [0.15, 0.2) is 30.6 Å². The molecule has 0 bridgehead atoms. The first kappa shape index (κ1) is 15.7. The number of aromatic nitrogens is 3. The minimum atomic E-state index is 0.141. The Morgan fingerprint density at radius 1 is 1.39 bits per heavy atom. The lowest BCUT2D eigenvalue weighted by atomic mass is 10.1. The second kappa shape index (κ2) is 6.50. The van der Waals surface area contributed by atoms with Gasteiger partial charge in [0.1, 0.15) is 6.54 Å². The van der Waals surface area contributed by atoms with Gasteiger partial charge in [-0.2, -0.15) is 5.10 Å². The highest BCUT2D eigenvalue weighted by atomic mass is 16.2. The van der Waals surface area contributed by atoms with Gasteiger partial charge in [-0.1, -0.05) is 6.07 Å². The first-order valence-corrected chi connectivity index (χ1v) is 7.91. The molecule has 0 aromatic carbocycles. The molecule has 6 heteroatoms. The third-order valence-corrected chi connectivity index (χ3v) is 4.38. The Morgan fingerprint density at radius 2 is 2.17 bits per heavy atom. The van der Waals surface area contributed by atoms with E-state index in [1.165, 1.54) is 5.56 Å². The Bertz CT molecular complexity index is 676. The van der Waals surface area contributed by atoms with Crippen molar-refractivity contribution >= 4 is 5.91 Å².